The van der Waals surface area contributed by atoms with Crippen molar-refractivity contribution in [3.63, 3.8) is 0 Å². The standard InChI is InChI=1S/C14H10ClFO3S/c15-12-6-5-10(20-12)8-19-14-9(4-7-13(17)18)2-1-3-11(14)16/h1-7H,8H2,(H,17,18)/b7-4+. The minimum atomic E-state index is -1.11. The van der Waals surface area contributed by atoms with E-state index in [0.717, 1.165) is 11.0 Å². The lowest BCUT2D eigenvalue weighted by molar-refractivity contribution is -0.131. The topological polar surface area (TPSA) is 46.5 Å². The molecule has 20 heavy (non-hydrogen) atoms. The molecule has 2 aromatic rings. The van der Waals surface area contributed by atoms with Gasteiger partial charge in [-0.3, -0.25) is 0 Å². The maximum absolute atomic E-state index is 13.8. The molecule has 3 nitrogen and oxygen atoms in total. The first-order chi connectivity index (χ1) is 9.56. The number of carboxylic acid groups (broad SMARTS) is 1. The second kappa shape index (κ2) is 6.54. The minimum Gasteiger partial charge on any atom is -0.484 e. The smallest absolute Gasteiger partial charge is 0.328 e. The molecule has 0 aliphatic rings. The summed E-state index contributed by atoms with van der Waals surface area (Å²) in [4.78, 5) is 11.4. The summed E-state index contributed by atoms with van der Waals surface area (Å²) in [5, 5.41) is 8.61. The predicted octanol–water partition coefficient (Wildman–Crippen LogP) is 4.22. The quantitative estimate of drug-likeness (QED) is 0.841. The molecular weight excluding hydrogens is 303 g/mol. The molecule has 6 heteroatoms. The van der Waals surface area contributed by atoms with Crippen molar-refractivity contribution in [2.24, 2.45) is 0 Å². The van der Waals surface area contributed by atoms with Gasteiger partial charge in [0.25, 0.3) is 0 Å². The summed E-state index contributed by atoms with van der Waals surface area (Å²) in [5.41, 5.74) is 0.370. The number of para-hydroxylation sites is 1. The van der Waals surface area contributed by atoms with Crippen LogP contribution in [0.5, 0.6) is 5.75 Å². The molecule has 0 amide bonds. The predicted molar refractivity (Wildman–Crippen MR) is 76.7 cm³/mol. The fourth-order valence-corrected chi connectivity index (χ4v) is 2.54. The Labute approximate surface area is 123 Å². The SMILES string of the molecule is O=C(O)/C=C/c1cccc(F)c1OCc1ccc(Cl)s1. The van der Waals surface area contributed by atoms with Crippen LogP contribution in [0, 0.1) is 5.82 Å². The number of rotatable bonds is 5. The third kappa shape index (κ3) is 3.82. The van der Waals surface area contributed by atoms with E-state index in [2.05, 4.69) is 0 Å². The Morgan fingerprint density at radius 1 is 1.40 bits per heavy atom. The van der Waals surface area contributed by atoms with E-state index in [9.17, 15) is 9.18 Å². The average Bonchev–Trinajstić information content (AvgIpc) is 2.81. The van der Waals surface area contributed by atoms with Crippen molar-refractivity contribution in [3.05, 3.63) is 57.0 Å². The Morgan fingerprint density at radius 3 is 2.85 bits per heavy atom. The summed E-state index contributed by atoms with van der Waals surface area (Å²) in [6.07, 6.45) is 2.23. The molecule has 1 aromatic carbocycles. The summed E-state index contributed by atoms with van der Waals surface area (Å²) in [7, 11) is 0. The zero-order valence-electron chi connectivity index (χ0n) is 10.2. The number of hydrogen-bond donors (Lipinski definition) is 1. The Bertz CT molecular complexity index is 652. The lowest BCUT2D eigenvalue weighted by atomic mass is 10.2. The Morgan fingerprint density at radius 2 is 2.20 bits per heavy atom. The van der Waals surface area contributed by atoms with E-state index in [0.29, 0.717) is 9.90 Å². The summed E-state index contributed by atoms with van der Waals surface area (Å²) < 4.78 is 19.8. The van der Waals surface area contributed by atoms with Gasteiger partial charge >= 0.3 is 5.97 Å². The molecule has 0 radical (unpaired) electrons. The number of carboxylic acids is 1. The van der Waals surface area contributed by atoms with Crippen LogP contribution >= 0.6 is 22.9 Å². The largest absolute Gasteiger partial charge is 0.484 e. The molecule has 0 saturated heterocycles. The second-order valence-corrected chi connectivity index (χ2v) is 5.62. The van der Waals surface area contributed by atoms with Crippen molar-refractivity contribution in [3.8, 4) is 5.75 Å². The Kier molecular flexibility index (Phi) is 4.76. The number of thiophene rings is 1. The van der Waals surface area contributed by atoms with E-state index in [-0.39, 0.29) is 12.4 Å². The van der Waals surface area contributed by atoms with Gasteiger partial charge in [0.1, 0.15) is 6.61 Å². The van der Waals surface area contributed by atoms with Gasteiger partial charge in [0.05, 0.1) is 4.34 Å². The van der Waals surface area contributed by atoms with E-state index in [1.807, 2.05) is 0 Å². The van der Waals surface area contributed by atoms with Crippen LogP contribution in [-0.4, -0.2) is 11.1 Å². The van der Waals surface area contributed by atoms with E-state index in [1.165, 1.54) is 29.5 Å². The van der Waals surface area contributed by atoms with Gasteiger partial charge in [0.15, 0.2) is 11.6 Å². The molecule has 104 valence electrons. The molecular formula is C14H10ClFO3S. The molecule has 0 fully saturated rings. The van der Waals surface area contributed by atoms with Crippen LogP contribution in [0.3, 0.4) is 0 Å². The highest BCUT2D eigenvalue weighted by molar-refractivity contribution is 7.16. The molecule has 1 heterocycles. The number of hydrogen-bond acceptors (Lipinski definition) is 3. The van der Waals surface area contributed by atoms with Crippen LogP contribution in [0.2, 0.25) is 4.34 Å². The van der Waals surface area contributed by atoms with Gasteiger partial charge in [0, 0.05) is 16.5 Å². The molecule has 0 aliphatic heterocycles. The Balaban J connectivity index is 2.19. The van der Waals surface area contributed by atoms with Crippen LogP contribution < -0.4 is 4.74 Å². The summed E-state index contributed by atoms with van der Waals surface area (Å²) in [6.45, 7) is 0.173. The third-order valence-electron chi connectivity index (χ3n) is 2.39. The van der Waals surface area contributed by atoms with Gasteiger partial charge in [-0.2, -0.15) is 0 Å². The van der Waals surface area contributed by atoms with Crippen molar-refractivity contribution in [2.45, 2.75) is 6.61 Å². The Hall–Kier alpha value is -1.85. The summed E-state index contributed by atoms with van der Waals surface area (Å²) >= 11 is 7.14. The first-order valence-electron chi connectivity index (χ1n) is 5.63. The highest BCUT2D eigenvalue weighted by atomic mass is 35.5. The van der Waals surface area contributed by atoms with Crippen molar-refractivity contribution in [2.75, 3.05) is 0 Å². The fourth-order valence-electron chi connectivity index (χ4n) is 1.54. The van der Waals surface area contributed by atoms with Crippen LogP contribution in [0.25, 0.3) is 6.08 Å². The van der Waals surface area contributed by atoms with Gasteiger partial charge in [-0.15, -0.1) is 11.3 Å². The zero-order chi connectivity index (χ0) is 14.5. The first kappa shape index (κ1) is 14.6. The van der Waals surface area contributed by atoms with Crippen LogP contribution in [0.1, 0.15) is 10.4 Å². The molecule has 0 bridgehead atoms. The maximum atomic E-state index is 13.8. The van der Waals surface area contributed by atoms with Crippen LogP contribution in [0.15, 0.2) is 36.4 Å². The van der Waals surface area contributed by atoms with Crippen molar-refractivity contribution >= 4 is 35.0 Å². The second-order valence-electron chi connectivity index (χ2n) is 3.82. The summed E-state index contributed by atoms with van der Waals surface area (Å²) in [6, 6.07) is 7.86. The molecule has 2 rings (SSSR count). The first-order valence-corrected chi connectivity index (χ1v) is 6.82. The third-order valence-corrected chi connectivity index (χ3v) is 3.60. The number of ether oxygens (including phenoxy) is 1. The monoisotopic (exact) mass is 312 g/mol. The fraction of sp³-hybridized carbons (Fsp3) is 0.0714. The van der Waals surface area contributed by atoms with Crippen LogP contribution in [-0.2, 0) is 11.4 Å². The van der Waals surface area contributed by atoms with Gasteiger partial charge in [-0.25, -0.2) is 9.18 Å². The summed E-state index contributed by atoms with van der Waals surface area (Å²) in [5.74, 6) is -1.63. The lowest BCUT2D eigenvalue weighted by Gasteiger charge is -2.09. The van der Waals surface area contributed by atoms with E-state index in [1.54, 1.807) is 18.2 Å². The number of aliphatic carboxylic acids is 1. The lowest BCUT2D eigenvalue weighted by Crippen LogP contribution is -1.98. The van der Waals surface area contributed by atoms with E-state index in [4.69, 9.17) is 21.4 Å². The average molecular weight is 313 g/mol. The molecule has 1 N–H and O–H groups in total. The zero-order valence-corrected chi connectivity index (χ0v) is 11.7. The highest BCUT2D eigenvalue weighted by Crippen LogP contribution is 2.27. The van der Waals surface area contributed by atoms with Gasteiger partial charge in [-0.1, -0.05) is 23.7 Å². The molecule has 0 saturated carbocycles. The molecule has 0 atom stereocenters. The highest BCUT2D eigenvalue weighted by Gasteiger charge is 2.09. The number of halogens is 2. The molecule has 0 unspecified atom stereocenters. The van der Waals surface area contributed by atoms with Gasteiger partial charge < -0.3 is 9.84 Å². The molecule has 0 aliphatic carbocycles. The normalized spacial score (nSPS) is 10.9. The number of carbonyl (C=O) groups is 1. The van der Waals surface area contributed by atoms with Crippen molar-refractivity contribution < 1.29 is 19.0 Å². The number of benzene rings is 1. The van der Waals surface area contributed by atoms with Crippen molar-refractivity contribution in [1.82, 2.24) is 0 Å². The molecule has 0 spiro atoms. The van der Waals surface area contributed by atoms with E-state index >= 15 is 0 Å². The minimum absolute atomic E-state index is 0.0227. The molecule has 1 aromatic heterocycles. The maximum Gasteiger partial charge on any atom is 0.328 e. The van der Waals surface area contributed by atoms with E-state index < -0.39 is 11.8 Å². The van der Waals surface area contributed by atoms with Gasteiger partial charge in [0.2, 0.25) is 0 Å². The van der Waals surface area contributed by atoms with Crippen LogP contribution in [0.4, 0.5) is 4.39 Å². The van der Waals surface area contributed by atoms with Crippen molar-refractivity contribution in [1.29, 1.82) is 0 Å². The van der Waals surface area contributed by atoms with Gasteiger partial charge in [-0.05, 0) is 24.3 Å².